The molecular weight excluding hydrogens is 376 g/mol. The Morgan fingerprint density at radius 1 is 1.31 bits per heavy atom. The van der Waals surface area contributed by atoms with E-state index in [1.807, 2.05) is 0 Å². The van der Waals surface area contributed by atoms with Crippen LogP contribution in [0.5, 0.6) is 11.5 Å². The van der Waals surface area contributed by atoms with Gasteiger partial charge in [0.2, 0.25) is 5.91 Å². The highest BCUT2D eigenvalue weighted by molar-refractivity contribution is 5.97. The van der Waals surface area contributed by atoms with Crippen LogP contribution in [0.2, 0.25) is 0 Å². The van der Waals surface area contributed by atoms with Crippen molar-refractivity contribution in [2.24, 2.45) is 0 Å². The summed E-state index contributed by atoms with van der Waals surface area (Å²) in [5.41, 5.74) is -0.580. The molecular formula is C20H22N4O5. The molecule has 0 radical (unpaired) electrons. The van der Waals surface area contributed by atoms with Gasteiger partial charge in [0, 0.05) is 38.3 Å². The molecule has 9 heteroatoms. The molecule has 0 bridgehead atoms. The van der Waals surface area contributed by atoms with Crippen LogP contribution in [-0.4, -0.2) is 58.6 Å². The maximum Gasteiger partial charge on any atom is 0.347 e. The quantitative estimate of drug-likeness (QED) is 0.805. The molecule has 2 aliphatic heterocycles. The van der Waals surface area contributed by atoms with E-state index in [2.05, 4.69) is 10.3 Å². The Morgan fingerprint density at radius 2 is 2.10 bits per heavy atom. The van der Waals surface area contributed by atoms with Crippen molar-refractivity contribution < 1.29 is 19.1 Å². The molecule has 1 N–H and O–H groups in total. The minimum atomic E-state index is -0.572. The molecule has 1 aromatic carbocycles. The van der Waals surface area contributed by atoms with Crippen molar-refractivity contribution in [3.63, 3.8) is 0 Å². The third-order valence-electron chi connectivity index (χ3n) is 5.44. The summed E-state index contributed by atoms with van der Waals surface area (Å²) in [6.45, 7) is 1.29. The van der Waals surface area contributed by atoms with Crippen LogP contribution >= 0.6 is 0 Å². The van der Waals surface area contributed by atoms with Gasteiger partial charge in [-0.15, -0.1) is 0 Å². The first-order valence-electron chi connectivity index (χ1n) is 9.44. The van der Waals surface area contributed by atoms with E-state index in [0.29, 0.717) is 49.5 Å². The minimum Gasteiger partial charge on any atom is -0.497 e. The number of amides is 2. The van der Waals surface area contributed by atoms with E-state index < -0.39 is 11.3 Å². The van der Waals surface area contributed by atoms with Crippen molar-refractivity contribution in [2.75, 3.05) is 26.7 Å². The number of carbonyl (C=O) groups excluding carboxylic acids is 2. The summed E-state index contributed by atoms with van der Waals surface area (Å²) in [6, 6.07) is 6.78. The largest absolute Gasteiger partial charge is 0.497 e. The van der Waals surface area contributed by atoms with Crippen LogP contribution in [0.1, 0.15) is 23.2 Å². The first kappa shape index (κ1) is 19.0. The van der Waals surface area contributed by atoms with Crippen LogP contribution in [0.4, 0.5) is 0 Å². The lowest BCUT2D eigenvalue weighted by molar-refractivity contribution is -0.135. The fraction of sp³-hybridized carbons (Fsp3) is 0.400. The Balaban J connectivity index is 1.45. The number of ether oxygens (including phenoxy) is 2. The van der Waals surface area contributed by atoms with Crippen molar-refractivity contribution in [2.45, 2.75) is 25.0 Å². The van der Waals surface area contributed by atoms with Crippen molar-refractivity contribution in [3.8, 4) is 11.5 Å². The summed E-state index contributed by atoms with van der Waals surface area (Å²) in [4.78, 5) is 42.2. The smallest absolute Gasteiger partial charge is 0.347 e. The van der Waals surface area contributed by atoms with Gasteiger partial charge in [-0.25, -0.2) is 9.78 Å². The Hall–Kier alpha value is -3.36. The maximum absolute atomic E-state index is 12.6. The zero-order chi connectivity index (χ0) is 20.4. The highest BCUT2D eigenvalue weighted by Crippen LogP contribution is 2.34. The third kappa shape index (κ3) is 3.80. The van der Waals surface area contributed by atoms with Gasteiger partial charge >= 0.3 is 5.69 Å². The SMILES string of the molecule is COc1ccc2c(c1)C(=O)NCC1(CCN(C(=O)Cn3cccnc3=O)CC1)O2. The Bertz CT molecular complexity index is 994. The summed E-state index contributed by atoms with van der Waals surface area (Å²) in [6.07, 6.45) is 4.10. The van der Waals surface area contributed by atoms with Crippen LogP contribution < -0.4 is 20.5 Å². The molecule has 1 spiro atoms. The molecule has 0 saturated carbocycles. The molecule has 2 aliphatic rings. The van der Waals surface area contributed by atoms with Crippen molar-refractivity contribution in [3.05, 3.63) is 52.7 Å². The number of hydrogen-bond acceptors (Lipinski definition) is 6. The van der Waals surface area contributed by atoms with Gasteiger partial charge in [0.25, 0.3) is 5.91 Å². The molecule has 1 fully saturated rings. The van der Waals surface area contributed by atoms with Crippen molar-refractivity contribution >= 4 is 11.8 Å². The lowest BCUT2D eigenvalue weighted by atomic mass is 9.91. The van der Waals surface area contributed by atoms with Gasteiger partial charge in [0.15, 0.2) is 0 Å². The predicted molar refractivity (Wildman–Crippen MR) is 103 cm³/mol. The maximum atomic E-state index is 12.6. The molecule has 1 aromatic heterocycles. The first-order chi connectivity index (χ1) is 14.0. The average molecular weight is 398 g/mol. The van der Waals surface area contributed by atoms with Crippen molar-refractivity contribution in [1.29, 1.82) is 0 Å². The molecule has 3 heterocycles. The topological polar surface area (TPSA) is 103 Å². The van der Waals surface area contributed by atoms with E-state index in [0.717, 1.165) is 0 Å². The number of nitrogens with zero attached hydrogens (tertiary/aromatic N) is 3. The summed E-state index contributed by atoms with van der Waals surface area (Å²) >= 11 is 0. The number of methoxy groups -OCH3 is 1. The molecule has 0 aliphatic carbocycles. The fourth-order valence-electron chi connectivity index (χ4n) is 3.70. The second kappa shape index (κ2) is 7.57. The van der Waals surface area contributed by atoms with Gasteiger partial charge < -0.3 is 19.7 Å². The van der Waals surface area contributed by atoms with Gasteiger partial charge in [-0.1, -0.05) is 0 Å². The van der Waals surface area contributed by atoms with E-state index >= 15 is 0 Å². The van der Waals surface area contributed by atoms with E-state index in [9.17, 15) is 14.4 Å². The normalized spacial score (nSPS) is 17.7. The summed E-state index contributed by atoms with van der Waals surface area (Å²) in [5.74, 6) is 0.759. The van der Waals surface area contributed by atoms with E-state index in [-0.39, 0.29) is 18.4 Å². The average Bonchev–Trinajstić information content (AvgIpc) is 2.87. The molecule has 2 amide bonds. The number of carbonyl (C=O) groups is 2. The molecule has 152 valence electrons. The van der Waals surface area contributed by atoms with Gasteiger partial charge in [-0.05, 0) is 24.3 Å². The van der Waals surface area contributed by atoms with Gasteiger partial charge in [0.05, 0.1) is 19.2 Å². The van der Waals surface area contributed by atoms with Crippen LogP contribution in [-0.2, 0) is 11.3 Å². The zero-order valence-corrected chi connectivity index (χ0v) is 16.1. The van der Waals surface area contributed by atoms with E-state index in [1.165, 1.54) is 10.8 Å². The van der Waals surface area contributed by atoms with E-state index in [1.54, 1.807) is 42.5 Å². The highest BCUT2D eigenvalue weighted by atomic mass is 16.5. The second-order valence-electron chi connectivity index (χ2n) is 7.24. The third-order valence-corrected chi connectivity index (χ3v) is 5.44. The molecule has 0 unspecified atom stereocenters. The van der Waals surface area contributed by atoms with Crippen LogP contribution in [0.15, 0.2) is 41.5 Å². The van der Waals surface area contributed by atoms with Crippen molar-refractivity contribution in [1.82, 2.24) is 19.8 Å². The predicted octanol–water partition coefficient (Wildman–Crippen LogP) is 0.436. The van der Waals surface area contributed by atoms with Gasteiger partial charge in [-0.2, -0.15) is 0 Å². The number of nitrogens with one attached hydrogen (secondary N) is 1. The molecule has 1 saturated heterocycles. The molecule has 29 heavy (non-hydrogen) atoms. The summed E-state index contributed by atoms with van der Waals surface area (Å²) in [5, 5.41) is 2.93. The van der Waals surface area contributed by atoms with E-state index in [4.69, 9.17) is 9.47 Å². The van der Waals surface area contributed by atoms with Crippen LogP contribution in [0, 0.1) is 0 Å². The van der Waals surface area contributed by atoms with Gasteiger partial charge in [0.1, 0.15) is 23.6 Å². The highest BCUT2D eigenvalue weighted by Gasteiger charge is 2.41. The fourth-order valence-corrected chi connectivity index (χ4v) is 3.70. The number of rotatable bonds is 3. The zero-order valence-electron chi connectivity index (χ0n) is 16.1. The standard InChI is InChI=1S/C20H22N4O5/c1-28-14-3-4-16-15(11-14)18(26)22-13-20(29-16)5-9-23(10-6-20)17(25)12-24-8-2-7-21-19(24)27/h2-4,7-8,11H,5-6,9-10,12-13H2,1H3,(H,22,26). The monoisotopic (exact) mass is 398 g/mol. The summed E-state index contributed by atoms with van der Waals surface area (Å²) in [7, 11) is 1.55. The number of hydrogen-bond donors (Lipinski definition) is 1. The number of fused-ring (bicyclic) bond motifs is 1. The summed E-state index contributed by atoms with van der Waals surface area (Å²) < 4.78 is 12.8. The number of aromatic nitrogens is 2. The number of piperidine rings is 1. The van der Waals surface area contributed by atoms with Gasteiger partial charge in [-0.3, -0.25) is 14.2 Å². The Morgan fingerprint density at radius 3 is 2.83 bits per heavy atom. The lowest BCUT2D eigenvalue weighted by Gasteiger charge is -2.41. The second-order valence-corrected chi connectivity index (χ2v) is 7.24. The first-order valence-corrected chi connectivity index (χ1v) is 9.44. The molecule has 0 atom stereocenters. The molecule has 4 rings (SSSR count). The number of likely N-dealkylation sites (tertiary alicyclic amines) is 1. The Kier molecular flexibility index (Phi) is 4.96. The molecule has 2 aromatic rings. The molecule has 9 nitrogen and oxygen atoms in total. The Labute approximate surface area is 167 Å². The minimum absolute atomic E-state index is 0.0418. The van der Waals surface area contributed by atoms with Crippen LogP contribution in [0.3, 0.4) is 0 Å². The number of benzene rings is 1. The lowest BCUT2D eigenvalue weighted by Crippen LogP contribution is -2.54. The van der Waals surface area contributed by atoms with Crippen LogP contribution in [0.25, 0.3) is 0 Å².